The van der Waals surface area contributed by atoms with Gasteiger partial charge in [0.25, 0.3) is 0 Å². The lowest BCUT2D eigenvalue weighted by Crippen LogP contribution is -2.17. The van der Waals surface area contributed by atoms with Crippen molar-refractivity contribution in [2.45, 2.75) is 64.7 Å². The Morgan fingerprint density at radius 1 is 0.377 bits per heavy atom. The average Bonchev–Trinajstić information content (AvgIpc) is 3.54. The SMILES string of the molecule is CC(C)(C)c1ccc2c(c1)C(C)(C)c1cccc(-c3cccc(N(c4ccc(-c5ccccc5)cc4)c4ccc5c(c4)C(C)(C)c4ccccc4-5)c3)c1-2. The van der Waals surface area contributed by atoms with Crippen molar-refractivity contribution in [2.75, 3.05) is 4.90 Å². The number of anilines is 3. The van der Waals surface area contributed by atoms with E-state index >= 15 is 0 Å². The molecule has 1 heteroatoms. The zero-order valence-corrected chi connectivity index (χ0v) is 32.0. The Labute approximate surface area is 315 Å². The summed E-state index contributed by atoms with van der Waals surface area (Å²) in [6, 6.07) is 58.9. The highest BCUT2D eigenvalue weighted by Gasteiger charge is 2.38. The average molecular weight is 686 g/mol. The number of rotatable bonds is 5. The molecule has 7 aromatic rings. The van der Waals surface area contributed by atoms with Gasteiger partial charge in [-0.15, -0.1) is 0 Å². The lowest BCUT2D eigenvalue weighted by Gasteiger charge is -2.29. The van der Waals surface area contributed by atoms with Crippen LogP contribution in [0.15, 0.2) is 158 Å². The van der Waals surface area contributed by atoms with Gasteiger partial charge in [-0.1, -0.05) is 170 Å². The van der Waals surface area contributed by atoms with E-state index in [-0.39, 0.29) is 16.2 Å². The third-order valence-electron chi connectivity index (χ3n) is 12.0. The molecule has 0 fully saturated rings. The molecule has 1 nitrogen and oxygen atoms in total. The standard InChI is InChI=1S/C52H47N/c1-50(2,3)37-25-29-44-47(32-37)52(6,7)46-22-14-20-41(49(44)46)36-17-13-18-39(31-36)53(38-26-23-35(24-27-38)34-15-9-8-10-16-34)40-28-30-43-42-19-11-12-21-45(42)51(4,5)48(43)33-40/h8-33H,1-7H3. The van der Waals surface area contributed by atoms with Gasteiger partial charge in [-0.25, -0.2) is 0 Å². The summed E-state index contributed by atoms with van der Waals surface area (Å²) in [5.74, 6) is 0. The second-order valence-corrected chi connectivity index (χ2v) is 17.1. The van der Waals surface area contributed by atoms with Crippen LogP contribution in [0.2, 0.25) is 0 Å². The Morgan fingerprint density at radius 2 is 0.925 bits per heavy atom. The smallest absolute Gasteiger partial charge is 0.0467 e. The van der Waals surface area contributed by atoms with Crippen LogP contribution in [0.1, 0.15) is 76.3 Å². The van der Waals surface area contributed by atoms with Gasteiger partial charge in [0.2, 0.25) is 0 Å². The number of nitrogens with zero attached hydrogens (tertiary/aromatic N) is 1. The third kappa shape index (κ3) is 5.28. The summed E-state index contributed by atoms with van der Waals surface area (Å²) in [4.78, 5) is 2.44. The molecular weight excluding hydrogens is 639 g/mol. The third-order valence-corrected chi connectivity index (χ3v) is 12.0. The van der Waals surface area contributed by atoms with E-state index < -0.39 is 0 Å². The van der Waals surface area contributed by atoms with Gasteiger partial charge in [0.05, 0.1) is 0 Å². The number of hydrogen-bond acceptors (Lipinski definition) is 1. The molecule has 0 spiro atoms. The molecule has 0 aliphatic heterocycles. The monoisotopic (exact) mass is 685 g/mol. The van der Waals surface area contributed by atoms with Gasteiger partial charge in [0.15, 0.2) is 0 Å². The summed E-state index contributed by atoms with van der Waals surface area (Å²) in [6.07, 6.45) is 0. The molecule has 0 bridgehead atoms. The van der Waals surface area contributed by atoms with Crippen LogP contribution in [0, 0.1) is 0 Å². The summed E-state index contributed by atoms with van der Waals surface area (Å²) >= 11 is 0. The molecule has 0 unspecified atom stereocenters. The molecule has 0 saturated heterocycles. The normalized spacial score (nSPS) is 14.6. The fraction of sp³-hybridized carbons (Fsp3) is 0.192. The lowest BCUT2D eigenvalue weighted by molar-refractivity contribution is 0.584. The summed E-state index contributed by atoms with van der Waals surface area (Å²) in [7, 11) is 0. The highest BCUT2D eigenvalue weighted by Crippen LogP contribution is 2.54. The van der Waals surface area contributed by atoms with Crippen LogP contribution in [0.3, 0.4) is 0 Å². The molecular formula is C52H47N. The Hall–Kier alpha value is -5.66. The van der Waals surface area contributed by atoms with Crippen LogP contribution < -0.4 is 4.90 Å². The Kier molecular flexibility index (Phi) is 7.48. The highest BCUT2D eigenvalue weighted by atomic mass is 15.1. The van der Waals surface area contributed by atoms with E-state index in [1.165, 1.54) is 72.3 Å². The number of benzene rings is 7. The van der Waals surface area contributed by atoms with Crippen LogP contribution in [0.4, 0.5) is 17.1 Å². The maximum atomic E-state index is 2.46. The molecule has 7 aromatic carbocycles. The van der Waals surface area contributed by atoms with Crippen LogP contribution >= 0.6 is 0 Å². The largest absolute Gasteiger partial charge is 0.310 e. The molecule has 260 valence electrons. The van der Waals surface area contributed by atoms with E-state index in [0.717, 1.165) is 17.1 Å². The summed E-state index contributed by atoms with van der Waals surface area (Å²) in [5.41, 5.74) is 20.6. The fourth-order valence-corrected chi connectivity index (χ4v) is 9.02. The maximum absolute atomic E-state index is 2.46. The quantitative estimate of drug-likeness (QED) is 0.174. The van der Waals surface area contributed by atoms with Crippen molar-refractivity contribution in [3.8, 4) is 44.5 Å². The van der Waals surface area contributed by atoms with Gasteiger partial charge in [-0.05, 0) is 114 Å². The summed E-state index contributed by atoms with van der Waals surface area (Å²) in [6.45, 7) is 16.4. The Morgan fingerprint density at radius 3 is 1.70 bits per heavy atom. The summed E-state index contributed by atoms with van der Waals surface area (Å²) < 4.78 is 0. The van der Waals surface area contributed by atoms with Crippen LogP contribution in [0.5, 0.6) is 0 Å². The van der Waals surface area contributed by atoms with Crippen molar-refractivity contribution in [1.82, 2.24) is 0 Å². The highest BCUT2D eigenvalue weighted by molar-refractivity contribution is 5.94. The minimum Gasteiger partial charge on any atom is -0.310 e. The van der Waals surface area contributed by atoms with E-state index in [0.29, 0.717) is 0 Å². The molecule has 2 aliphatic rings. The zero-order chi connectivity index (χ0) is 36.7. The molecule has 2 aliphatic carbocycles. The molecule has 0 heterocycles. The topological polar surface area (TPSA) is 3.24 Å². The predicted octanol–water partition coefficient (Wildman–Crippen LogP) is 14.4. The number of fused-ring (bicyclic) bond motifs is 6. The molecule has 9 rings (SSSR count). The summed E-state index contributed by atoms with van der Waals surface area (Å²) in [5, 5.41) is 0. The number of hydrogen-bond donors (Lipinski definition) is 0. The first-order chi connectivity index (χ1) is 25.4. The molecule has 0 amide bonds. The van der Waals surface area contributed by atoms with Crippen molar-refractivity contribution in [2.24, 2.45) is 0 Å². The van der Waals surface area contributed by atoms with E-state index in [1.807, 2.05) is 0 Å². The lowest BCUT2D eigenvalue weighted by atomic mass is 9.79. The second kappa shape index (κ2) is 11.9. The maximum Gasteiger partial charge on any atom is 0.0467 e. The molecule has 0 radical (unpaired) electrons. The molecule has 53 heavy (non-hydrogen) atoms. The van der Waals surface area contributed by atoms with Crippen LogP contribution in [-0.2, 0) is 16.2 Å². The van der Waals surface area contributed by atoms with E-state index in [2.05, 4.69) is 211 Å². The molecule has 0 aromatic heterocycles. The van der Waals surface area contributed by atoms with Crippen molar-refractivity contribution < 1.29 is 0 Å². The molecule has 0 saturated carbocycles. The zero-order valence-electron chi connectivity index (χ0n) is 32.0. The van der Waals surface area contributed by atoms with Gasteiger partial charge < -0.3 is 4.90 Å². The Balaban J connectivity index is 1.20. The van der Waals surface area contributed by atoms with Crippen LogP contribution in [-0.4, -0.2) is 0 Å². The van der Waals surface area contributed by atoms with Crippen molar-refractivity contribution in [3.05, 3.63) is 186 Å². The van der Waals surface area contributed by atoms with E-state index in [4.69, 9.17) is 0 Å². The first-order valence-corrected chi connectivity index (χ1v) is 19.0. The second-order valence-electron chi connectivity index (χ2n) is 17.1. The van der Waals surface area contributed by atoms with Gasteiger partial charge in [-0.2, -0.15) is 0 Å². The van der Waals surface area contributed by atoms with E-state index in [9.17, 15) is 0 Å². The minimum absolute atomic E-state index is 0.0825. The molecule has 0 atom stereocenters. The van der Waals surface area contributed by atoms with Crippen molar-refractivity contribution in [1.29, 1.82) is 0 Å². The van der Waals surface area contributed by atoms with Crippen molar-refractivity contribution in [3.63, 3.8) is 0 Å². The van der Waals surface area contributed by atoms with Gasteiger partial charge in [0.1, 0.15) is 0 Å². The predicted molar refractivity (Wildman–Crippen MR) is 226 cm³/mol. The van der Waals surface area contributed by atoms with Gasteiger partial charge >= 0.3 is 0 Å². The van der Waals surface area contributed by atoms with E-state index in [1.54, 1.807) is 0 Å². The van der Waals surface area contributed by atoms with Crippen molar-refractivity contribution >= 4 is 17.1 Å². The Bertz CT molecular complexity index is 2530. The fourth-order valence-electron chi connectivity index (χ4n) is 9.02. The van der Waals surface area contributed by atoms with Gasteiger partial charge in [0, 0.05) is 27.9 Å². The first kappa shape index (κ1) is 33.2. The van der Waals surface area contributed by atoms with Gasteiger partial charge in [-0.3, -0.25) is 0 Å². The first-order valence-electron chi connectivity index (χ1n) is 19.0. The minimum atomic E-state index is -0.0930. The van der Waals surface area contributed by atoms with Crippen LogP contribution in [0.25, 0.3) is 44.5 Å². The molecule has 0 N–H and O–H groups in total.